The Bertz CT molecular complexity index is 248. The van der Waals surface area contributed by atoms with E-state index < -0.39 is 0 Å². The Labute approximate surface area is 120 Å². The van der Waals surface area contributed by atoms with Crippen LogP contribution in [0.3, 0.4) is 0 Å². The number of rotatable bonds is 4. The molecule has 0 atom stereocenters. The van der Waals surface area contributed by atoms with Gasteiger partial charge in [0.2, 0.25) is 0 Å². The van der Waals surface area contributed by atoms with Crippen LogP contribution in [0.25, 0.3) is 0 Å². The summed E-state index contributed by atoms with van der Waals surface area (Å²) in [5.41, 5.74) is 6.59. The first kappa shape index (κ1) is 15.3. The number of nitrogens with zero attached hydrogens (tertiary/aromatic N) is 1. The normalized spacial score (nSPS) is 34.4. The molecule has 0 aromatic rings. The Morgan fingerprint density at radius 3 is 2.11 bits per heavy atom. The van der Waals surface area contributed by atoms with Gasteiger partial charge in [-0.3, -0.25) is 0 Å². The molecule has 2 heteroatoms. The Hall–Kier alpha value is -0.0800. The van der Waals surface area contributed by atoms with Crippen LogP contribution in [0.4, 0.5) is 0 Å². The monoisotopic (exact) mass is 266 g/mol. The first-order valence-electron chi connectivity index (χ1n) is 8.55. The molecule has 2 nitrogen and oxygen atoms in total. The Morgan fingerprint density at radius 1 is 1.00 bits per heavy atom. The van der Waals surface area contributed by atoms with Gasteiger partial charge in [-0.2, -0.15) is 0 Å². The van der Waals surface area contributed by atoms with Crippen LogP contribution >= 0.6 is 0 Å². The first-order chi connectivity index (χ1) is 9.15. The minimum atomic E-state index is 0.424. The minimum Gasteiger partial charge on any atom is -0.330 e. The summed E-state index contributed by atoms with van der Waals surface area (Å²) in [4.78, 5) is 2.66. The fourth-order valence-electron chi connectivity index (χ4n) is 4.16. The van der Waals surface area contributed by atoms with E-state index in [4.69, 9.17) is 5.73 Å². The van der Waals surface area contributed by atoms with Crippen LogP contribution in [0.2, 0.25) is 0 Å². The van der Waals surface area contributed by atoms with Crippen molar-refractivity contribution >= 4 is 0 Å². The standard InChI is InChI=1S/C17H34N2/c1-15-9-11-17(13-18,12-10-15)14-19(2)16-7-5-3-4-6-8-16/h15-16H,3-14,18H2,1-2H3. The van der Waals surface area contributed by atoms with Gasteiger partial charge in [0.15, 0.2) is 0 Å². The summed E-state index contributed by atoms with van der Waals surface area (Å²) in [6.45, 7) is 4.52. The zero-order valence-corrected chi connectivity index (χ0v) is 13.2. The molecular weight excluding hydrogens is 232 g/mol. The van der Waals surface area contributed by atoms with Crippen LogP contribution in [0.15, 0.2) is 0 Å². The lowest BCUT2D eigenvalue weighted by atomic mass is 9.70. The number of hydrogen-bond donors (Lipinski definition) is 1. The molecule has 2 rings (SSSR count). The minimum absolute atomic E-state index is 0.424. The second-order valence-electron chi connectivity index (χ2n) is 7.45. The third kappa shape index (κ3) is 4.19. The molecule has 112 valence electrons. The van der Waals surface area contributed by atoms with Crippen molar-refractivity contribution in [2.75, 3.05) is 20.1 Å². The van der Waals surface area contributed by atoms with Gasteiger partial charge in [-0.25, -0.2) is 0 Å². The lowest BCUT2D eigenvalue weighted by Crippen LogP contribution is -2.46. The topological polar surface area (TPSA) is 29.3 Å². The van der Waals surface area contributed by atoms with Crippen LogP contribution in [0.1, 0.15) is 71.1 Å². The van der Waals surface area contributed by atoms with Crippen molar-refractivity contribution < 1.29 is 0 Å². The van der Waals surface area contributed by atoms with Crippen molar-refractivity contribution in [2.45, 2.75) is 77.2 Å². The quantitative estimate of drug-likeness (QED) is 0.784. The van der Waals surface area contributed by atoms with Crippen molar-refractivity contribution in [3.05, 3.63) is 0 Å². The summed E-state index contributed by atoms with van der Waals surface area (Å²) in [6, 6.07) is 0.824. The average Bonchev–Trinajstić information content (AvgIpc) is 2.71. The fourth-order valence-corrected chi connectivity index (χ4v) is 4.16. The highest BCUT2D eigenvalue weighted by Crippen LogP contribution is 2.39. The number of hydrogen-bond acceptors (Lipinski definition) is 2. The van der Waals surface area contributed by atoms with Gasteiger partial charge in [0.05, 0.1) is 0 Å². The average molecular weight is 266 g/mol. The van der Waals surface area contributed by atoms with Gasteiger partial charge in [0.25, 0.3) is 0 Å². The summed E-state index contributed by atoms with van der Waals surface area (Å²) >= 11 is 0. The molecule has 2 aliphatic carbocycles. The second kappa shape index (κ2) is 7.08. The van der Waals surface area contributed by atoms with Crippen LogP contribution in [0.5, 0.6) is 0 Å². The highest BCUT2D eigenvalue weighted by Gasteiger charge is 2.35. The molecule has 2 fully saturated rings. The van der Waals surface area contributed by atoms with E-state index in [-0.39, 0.29) is 0 Å². The Balaban J connectivity index is 1.89. The third-order valence-electron chi connectivity index (χ3n) is 5.80. The largest absolute Gasteiger partial charge is 0.330 e. The van der Waals surface area contributed by atoms with Crippen LogP contribution in [0, 0.1) is 11.3 Å². The molecule has 0 radical (unpaired) electrons. The SMILES string of the molecule is CC1CCC(CN)(CN(C)C2CCCCCC2)CC1. The summed E-state index contributed by atoms with van der Waals surface area (Å²) in [6.07, 6.45) is 14.0. The summed E-state index contributed by atoms with van der Waals surface area (Å²) in [7, 11) is 2.35. The van der Waals surface area contributed by atoms with Gasteiger partial charge in [-0.15, -0.1) is 0 Å². The van der Waals surface area contributed by atoms with Crippen LogP contribution in [-0.2, 0) is 0 Å². The maximum atomic E-state index is 6.17. The highest BCUT2D eigenvalue weighted by molar-refractivity contribution is 4.89. The molecule has 19 heavy (non-hydrogen) atoms. The maximum absolute atomic E-state index is 6.17. The zero-order chi connectivity index (χ0) is 13.7. The number of nitrogens with two attached hydrogens (primary N) is 1. The second-order valence-corrected chi connectivity index (χ2v) is 7.45. The van der Waals surface area contributed by atoms with Crippen LogP contribution < -0.4 is 5.73 Å². The molecule has 0 aromatic carbocycles. The lowest BCUT2D eigenvalue weighted by Gasteiger charge is -2.43. The molecule has 2 aliphatic rings. The molecule has 0 amide bonds. The third-order valence-corrected chi connectivity index (χ3v) is 5.80. The van der Waals surface area contributed by atoms with Gasteiger partial charge in [-0.1, -0.05) is 45.4 Å². The smallest absolute Gasteiger partial charge is 0.00924 e. The molecule has 2 N–H and O–H groups in total. The molecule has 0 unspecified atom stereocenters. The zero-order valence-electron chi connectivity index (χ0n) is 13.2. The van der Waals surface area contributed by atoms with Gasteiger partial charge in [0.1, 0.15) is 0 Å². The lowest BCUT2D eigenvalue weighted by molar-refractivity contribution is 0.0815. The van der Waals surface area contributed by atoms with E-state index in [0.717, 1.165) is 18.5 Å². The maximum Gasteiger partial charge on any atom is 0.00924 e. The van der Waals surface area contributed by atoms with Crippen LogP contribution in [-0.4, -0.2) is 31.1 Å². The van der Waals surface area contributed by atoms with Gasteiger partial charge >= 0.3 is 0 Å². The molecule has 0 spiro atoms. The molecule has 0 bridgehead atoms. The molecule has 0 aromatic heterocycles. The molecule has 0 aliphatic heterocycles. The fraction of sp³-hybridized carbons (Fsp3) is 1.00. The van der Waals surface area contributed by atoms with E-state index in [1.807, 2.05) is 0 Å². The molecule has 0 saturated heterocycles. The van der Waals surface area contributed by atoms with E-state index in [9.17, 15) is 0 Å². The Kier molecular flexibility index (Phi) is 5.70. The van der Waals surface area contributed by atoms with Crippen molar-refractivity contribution in [1.82, 2.24) is 4.90 Å². The van der Waals surface area contributed by atoms with Crippen molar-refractivity contribution in [2.24, 2.45) is 17.1 Å². The van der Waals surface area contributed by atoms with E-state index >= 15 is 0 Å². The Morgan fingerprint density at radius 2 is 1.58 bits per heavy atom. The van der Waals surface area contributed by atoms with Crippen molar-refractivity contribution in [1.29, 1.82) is 0 Å². The highest BCUT2D eigenvalue weighted by atomic mass is 15.1. The molecule has 2 saturated carbocycles. The van der Waals surface area contributed by atoms with E-state index in [1.165, 1.54) is 70.8 Å². The van der Waals surface area contributed by atoms with Crippen molar-refractivity contribution in [3.8, 4) is 0 Å². The molecular formula is C17H34N2. The summed E-state index contributed by atoms with van der Waals surface area (Å²) < 4.78 is 0. The van der Waals surface area contributed by atoms with E-state index in [2.05, 4.69) is 18.9 Å². The predicted octanol–water partition coefficient (Wildman–Crippen LogP) is 3.80. The van der Waals surface area contributed by atoms with E-state index in [1.54, 1.807) is 0 Å². The van der Waals surface area contributed by atoms with Gasteiger partial charge in [-0.05, 0) is 50.6 Å². The first-order valence-corrected chi connectivity index (χ1v) is 8.55. The van der Waals surface area contributed by atoms with E-state index in [0.29, 0.717) is 5.41 Å². The summed E-state index contributed by atoms with van der Waals surface area (Å²) in [5.74, 6) is 0.919. The van der Waals surface area contributed by atoms with Gasteiger partial charge < -0.3 is 10.6 Å². The summed E-state index contributed by atoms with van der Waals surface area (Å²) in [5, 5.41) is 0. The molecule has 0 heterocycles. The predicted molar refractivity (Wildman–Crippen MR) is 83.2 cm³/mol. The van der Waals surface area contributed by atoms with Crippen molar-refractivity contribution in [3.63, 3.8) is 0 Å². The van der Waals surface area contributed by atoms with Gasteiger partial charge in [0, 0.05) is 12.6 Å².